The quantitative estimate of drug-likeness (QED) is 0.364. The average molecular weight is 183 g/mol. The van der Waals surface area contributed by atoms with E-state index in [9.17, 15) is 4.79 Å². The van der Waals surface area contributed by atoms with Crippen LogP contribution in [0.15, 0.2) is 12.2 Å². The van der Waals surface area contributed by atoms with Crippen LogP contribution in [0.4, 0.5) is 0 Å². The fraction of sp³-hybridized carbons (Fsp3) is 0.700. The van der Waals surface area contributed by atoms with Crippen molar-refractivity contribution in [3.8, 4) is 0 Å². The predicted molar refractivity (Wildman–Crippen MR) is 51.4 cm³/mol. The van der Waals surface area contributed by atoms with Gasteiger partial charge < -0.3 is 4.74 Å². The number of rotatable bonds is 5. The first kappa shape index (κ1) is 10.3. The molecule has 1 fully saturated rings. The Balaban J connectivity index is 2.23. The third-order valence-corrected chi connectivity index (χ3v) is 2.22. The highest BCUT2D eigenvalue weighted by molar-refractivity contribution is 5.86. The second kappa shape index (κ2) is 4.42. The number of hydrogen-bond donors (Lipinski definition) is 0. The molecule has 0 aromatic carbocycles. The molecule has 1 rings (SSSR count). The van der Waals surface area contributed by atoms with Crippen molar-refractivity contribution in [2.24, 2.45) is 0 Å². The lowest BCUT2D eigenvalue weighted by molar-refractivity contribution is -0.140. The van der Waals surface area contributed by atoms with Crippen molar-refractivity contribution in [2.45, 2.75) is 26.3 Å². The SMILES string of the molecule is C=C(C)C(=O)OCC(CC)N1CC1. The number of carbonyl (C=O) groups excluding carboxylic acids is 1. The van der Waals surface area contributed by atoms with Crippen molar-refractivity contribution in [3.05, 3.63) is 12.2 Å². The molecule has 3 nitrogen and oxygen atoms in total. The summed E-state index contributed by atoms with van der Waals surface area (Å²) >= 11 is 0. The van der Waals surface area contributed by atoms with Gasteiger partial charge in [-0.15, -0.1) is 0 Å². The smallest absolute Gasteiger partial charge is 0.333 e. The van der Waals surface area contributed by atoms with E-state index in [4.69, 9.17) is 4.74 Å². The zero-order chi connectivity index (χ0) is 9.84. The van der Waals surface area contributed by atoms with E-state index in [-0.39, 0.29) is 5.97 Å². The van der Waals surface area contributed by atoms with Gasteiger partial charge in [0.25, 0.3) is 0 Å². The van der Waals surface area contributed by atoms with Crippen LogP contribution in [0.1, 0.15) is 20.3 Å². The first-order chi connectivity index (χ1) is 6.15. The Morgan fingerprint density at radius 3 is 2.62 bits per heavy atom. The highest BCUT2D eigenvalue weighted by atomic mass is 16.5. The Bertz CT molecular complexity index is 209. The number of nitrogens with zero attached hydrogens (tertiary/aromatic N) is 1. The maximum absolute atomic E-state index is 11.1. The molecule has 0 N–H and O–H groups in total. The van der Waals surface area contributed by atoms with E-state index in [1.807, 2.05) is 0 Å². The van der Waals surface area contributed by atoms with Crippen LogP contribution in [0.2, 0.25) is 0 Å². The van der Waals surface area contributed by atoms with Gasteiger partial charge in [-0.2, -0.15) is 0 Å². The molecular weight excluding hydrogens is 166 g/mol. The molecule has 3 heteroatoms. The molecule has 1 saturated heterocycles. The summed E-state index contributed by atoms with van der Waals surface area (Å²) < 4.78 is 5.08. The van der Waals surface area contributed by atoms with Crippen LogP contribution in [0.25, 0.3) is 0 Å². The standard InChI is InChI=1S/C10H17NO2/c1-4-9(11-5-6-11)7-13-10(12)8(2)3/h9H,2,4-7H2,1,3H3. The van der Waals surface area contributed by atoms with Crippen molar-refractivity contribution in [1.82, 2.24) is 4.90 Å². The zero-order valence-electron chi connectivity index (χ0n) is 8.38. The molecule has 1 unspecified atom stereocenters. The molecule has 0 bridgehead atoms. The van der Waals surface area contributed by atoms with Crippen molar-refractivity contribution in [2.75, 3.05) is 19.7 Å². The minimum atomic E-state index is -0.278. The molecule has 0 aliphatic carbocycles. The van der Waals surface area contributed by atoms with E-state index in [1.165, 1.54) is 0 Å². The Morgan fingerprint density at radius 2 is 2.23 bits per heavy atom. The monoisotopic (exact) mass is 183 g/mol. The zero-order valence-corrected chi connectivity index (χ0v) is 8.38. The maximum Gasteiger partial charge on any atom is 0.333 e. The second-order valence-corrected chi connectivity index (χ2v) is 3.48. The lowest BCUT2D eigenvalue weighted by Gasteiger charge is -2.15. The molecule has 0 saturated carbocycles. The van der Waals surface area contributed by atoms with Crippen LogP contribution in [0.5, 0.6) is 0 Å². The summed E-state index contributed by atoms with van der Waals surface area (Å²) in [6.45, 7) is 10.1. The molecule has 74 valence electrons. The topological polar surface area (TPSA) is 29.3 Å². The fourth-order valence-corrected chi connectivity index (χ4v) is 1.20. The van der Waals surface area contributed by atoms with Gasteiger partial charge in [0.15, 0.2) is 0 Å². The maximum atomic E-state index is 11.1. The van der Waals surface area contributed by atoms with Crippen molar-refractivity contribution >= 4 is 5.97 Å². The van der Waals surface area contributed by atoms with Gasteiger partial charge in [0.1, 0.15) is 6.61 Å². The molecule has 13 heavy (non-hydrogen) atoms. The summed E-state index contributed by atoms with van der Waals surface area (Å²) in [5.41, 5.74) is 0.473. The Labute approximate surface area is 79.4 Å². The minimum Gasteiger partial charge on any atom is -0.461 e. The van der Waals surface area contributed by atoms with Gasteiger partial charge in [-0.3, -0.25) is 4.90 Å². The van der Waals surface area contributed by atoms with Gasteiger partial charge >= 0.3 is 5.97 Å². The molecule has 0 amide bonds. The molecule has 0 aromatic rings. The number of hydrogen-bond acceptors (Lipinski definition) is 3. The van der Waals surface area contributed by atoms with E-state index in [2.05, 4.69) is 18.4 Å². The third-order valence-electron chi connectivity index (χ3n) is 2.22. The van der Waals surface area contributed by atoms with Gasteiger partial charge in [0.05, 0.1) is 0 Å². The van der Waals surface area contributed by atoms with Crippen LogP contribution >= 0.6 is 0 Å². The molecule has 1 atom stereocenters. The van der Waals surface area contributed by atoms with Gasteiger partial charge in [-0.1, -0.05) is 13.5 Å². The fourth-order valence-electron chi connectivity index (χ4n) is 1.20. The normalized spacial score (nSPS) is 18.0. The first-order valence-electron chi connectivity index (χ1n) is 4.71. The number of carbonyl (C=O) groups is 1. The summed E-state index contributed by atoms with van der Waals surface area (Å²) in [5, 5.41) is 0. The van der Waals surface area contributed by atoms with Gasteiger partial charge in [-0.05, 0) is 13.3 Å². The van der Waals surface area contributed by atoms with E-state index in [0.717, 1.165) is 19.5 Å². The van der Waals surface area contributed by atoms with Crippen LogP contribution < -0.4 is 0 Å². The summed E-state index contributed by atoms with van der Waals surface area (Å²) in [6.07, 6.45) is 1.03. The van der Waals surface area contributed by atoms with Crippen molar-refractivity contribution < 1.29 is 9.53 Å². The second-order valence-electron chi connectivity index (χ2n) is 3.48. The molecule has 0 spiro atoms. The lowest BCUT2D eigenvalue weighted by Crippen LogP contribution is -2.25. The highest BCUT2D eigenvalue weighted by Gasteiger charge is 2.26. The van der Waals surface area contributed by atoms with E-state index < -0.39 is 0 Å². The molecule has 1 aliphatic rings. The van der Waals surface area contributed by atoms with Gasteiger partial charge in [0.2, 0.25) is 0 Å². The minimum absolute atomic E-state index is 0.278. The summed E-state index contributed by atoms with van der Waals surface area (Å²) in [5.74, 6) is -0.278. The first-order valence-corrected chi connectivity index (χ1v) is 4.71. The molecule has 1 heterocycles. The average Bonchev–Trinajstić information content (AvgIpc) is 2.88. The largest absolute Gasteiger partial charge is 0.461 e. The van der Waals surface area contributed by atoms with E-state index in [0.29, 0.717) is 18.2 Å². The molecule has 0 aromatic heterocycles. The molecular formula is C10H17NO2. The van der Waals surface area contributed by atoms with Crippen LogP contribution in [-0.2, 0) is 9.53 Å². The van der Waals surface area contributed by atoms with Crippen LogP contribution in [0, 0.1) is 0 Å². The third kappa shape index (κ3) is 3.19. The van der Waals surface area contributed by atoms with E-state index in [1.54, 1.807) is 6.92 Å². The van der Waals surface area contributed by atoms with Crippen molar-refractivity contribution in [1.29, 1.82) is 0 Å². The number of esters is 1. The summed E-state index contributed by atoms with van der Waals surface area (Å²) in [6, 6.07) is 0.406. The van der Waals surface area contributed by atoms with Crippen molar-refractivity contribution in [3.63, 3.8) is 0 Å². The Hall–Kier alpha value is -0.830. The summed E-state index contributed by atoms with van der Waals surface area (Å²) in [7, 11) is 0. The van der Waals surface area contributed by atoms with Crippen LogP contribution in [0.3, 0.4) is 0 Å². The number of ether oxygens (including phenoxy) is 1. The molecule has 0 radical (unpaired) electrons. The Morgan fingerprint density at radius 1 is 1.62 bits per heavy atom. The highest BCUT2D eigenvalue weighted by Crippen LogP contribution is 2.14. The Kier molecular flexibility index (Phi) is 3.48. The van der Waals surface area contributed by atoms with Gasteiger partial charge in [0, 0.05) is 24.7 Å². The molecule has 1 aliphatic heterocycles. The summed E-state index contributed by atoms with van der Waals surface area (Å²) in [4.78, 5) is 13.4. The predicted octanol–water partition coefficient (Wildman–Crippen LogP) is 1.20. The van der Waals surface area contributed by atoms with Gasteiger partial charge in [-0.25, -0.2) is 4.79 Å². The lowest BCUT2D eigenvalue weighted by atomic mass is 10.2. The van der Waals surface area contributed by atoms with Crippen LogP contribution in [-0.4, -0.2) is 36.6 Å². The van der Waals surface area contributed by atoms with E-state index >= 15 is 0 Å².